The number of aromatic amines is 1. The van der Waals surface area contributed by atoms with E-state index < -0.39 is 5.41 Å². The van der Waals surface area contributed by atoms with E-state index in [1.165, 1.54) is 4.68 Å². The second-order valence-electron chi connectivity index (χ2n) is 10.1. The van der Waals surface area contributed by atoms with Crippen molar-refractivity contribution in [2.75, 3.05) is 28.2 Å². The van der Waals surface area contributed by atoms with E-state index in [1.807, 2.05) is 43.3 Å². The zero-order valence-electron chi connectivity index (χ0n) is 21.8. The molecule has 2 aromatic carbocycles. The van der Waals surface area contributed by atoms with Crippen LogP contribution in [-0.2, 0) is 25.3 Å². The van der Waals surface area contributed by atoms with Gasteiger partial charge in [0.15, 0.2) is 0 Å². The van der Waals surface area contributed by atoms with Crippen LogP contribution in [0.2, 0.25) is 0 Å². The molecular weight excluding hydrogens is 456 g/mol. The number of fused-ring (bicyclic) bond motifs is 2. The first-order valence-electron chi connectivity index (χ1n) is 12.0. The highest BCUT2D eigenvalue weighted by molar-refractivity contribution is 5.95. The van der Waals surface area contributed by atoms with Crippen molar-refractivity contribution in [3.05, 3.63) is 86.1 Å². The topological polar surface area (TPSA) is 117 Å². The summed E-state index contributed by atoms with van der Waals surface area (Å²) in [6, 6.07) is 11.2. The fourth-order valence-corrected chi connectivity index (χ4v) is 5.28. The fourth-order valence-electron chi connectivity index (χ4n) is 5.28. The van der Waals surface area contributed by atoms with Crippen LogP contribution in [0.1, 0.15) is 62.1 Å². The maximum Gasteiger partial charge on any atom is 0.343 e. The lowest BCUT2D eigenvalue weighted by Crippen LogP contribution is -2.38. The third kappa shape index (κ3) is 4.24. The number of benzene rings is 2. The van der Waals surface area contributed by atoms with Gasteiger partial charge < -0.3 is 15.5 Å². The van der Waals surface area contributed by atoms with Crippen molar-refractivity contribution < 1.29 is 9.59 Å². The molecule has 3 N–H and O–H groups in total. The van der Waals surface area contributed by atoms with Gasteiger partial charge >= 0.3 is 5.69 Å². The monoisotopic (exact) mass is 490 g/mol. The summed E-state index contributed by atoms with van der Waals surface area (Å²) < 4.78 is 1.29. The van der Waals surface area contributed by atoms with Gasteiger partial charge in [0, 0.05) is 52.4 Å². The second-order valence-corrected chi connectivity index (χ2v) is 10.1. The van der Waals surface area contributed by atoms with Crippen molar-refractivity contribution in [3.63, 3.8) is 0 Å². The summed E-state index contributed by atoms with van der Waals surface area (Å²) in [6.45, 7) is 1.93. The zero-order valence-corrected chi connectivity index (χ0v) is 21.8. The predicted molar refractivity (Wildman–Crippen MR) is 138 cm³/mol. The standard InChI is InChI=1S/C27H34N6O3/c1-16(28)15-27(25-29-26(36)33(6)30-25)21-11-9-19(23(34)31(2)3)13-17(21)7-8-18-14-20(10-12-22(18)27)24(35)32(4)5/h9-14,16H,7-8,15,28H2,1-6H3,(H,29,30,36)/t16-/m0/s1. The van der Waals surface area contributed by atoms with Crippen LogP contribution in [0.3, 0.4) is 0 Å². The summed E-state index contributed by atoms with van der Waals surface area (Å²) in [5.41, 5.74) is 10.3. The van der Waals surface area contributed by atoms with E-state index in [0.29, 0.717) is 36.2 Å². The second kappa shape index (κ2) is 9.39. The lowest BCUT2D eigenvalue weighted by Gasteiger charge is -2.36. The number of nitrogens with zero attached hydrogens (tertiary/aromatic N) is 4. The SMILES string of the molecule is C[C@H](N)CC1(c2nn(C)c(=O)[nH]2)c2ccc(C(=O)N(C)C)cc2CCc2cc(C(=O)N(C)C)ccc21. The lowest BCUT2D eigenvalue weighted by molar-refractivity contribution is 0.0820. The number of nitrogens with one attached hydrogen (secondary N) is 1. The Morgan fingerprint density at radius 2 is 1.47 bits per heavy atom. The number of carbonyl (C=O) groups is 2. The first-order valence-corrected chi connectivity index (χ1v) is 12.0. The number of aryl methyl sites for hydroxylation is 3. The molecule has 1 aromatic heterocycles. The van der Waals surface area contributed by atoms with Crippen molar-refractivity contribution in [1.82, 2.24) is 24.6 Å². The molecule has 0 saturated carbocycles. The first kappa shape index (κ1) is 25.4. The van der Waals surface area contributed by atoms with Gasteiger partial charge in [-0.2, -0.15) is 5.10 Å². The molecule has 2 amide bonds. The van der Waals surface area contributed by atoms with Crippen molar-refractivity contribution >= 4 is 11.8 Å². The Labute approximate surface area is 210 Å². The highest BCUT2D eigenvalue weighted by Crippen LogP contribution is 2.46. The van der Waals surface area contributed by atoms with Gasteiger partial charge in [0.25, 0.3) is 11.8 Å². The molecule has 9 heteroatoms. The summed E-state index contributed by atoms with van der Waals surface area (Å²) >= 11 is 0. The van der Waals surface area contributed by atoms with E-state index in [1.54, 1.807) is 45.0 Å². The summed E-state index contributed by atoms with van der Waals surface area (Å²) in [4.78, 5) is 44.2. The molecule has 3 aromatic rings. The van der Waals surface area contributed by atoms with Gasteiger partial charge in [-0.3, -0.25) is 14.6 Å². The molecule has 0 bridgehead atoms. The fraction of sp³-hybridized carbons (Fsp3) is 0.407. The van der Waals surface area contributed by atoms with Gasteiger partial charge in [0.05, 0.1) is 5.41 Å². The lowest BCUT2D eigenvalue weighted by atomic mass is 9.68. The molecule has 0 radical (unpaired) electrons. The molecule has 4 rings (SSSR count). The molecule has 0 spiro atoms. The Balaban J connectivity index is 2.06. The summed E-state index contributed by atoms with van der Waals surface area (Å²) in [7, 11) is 8.52. The van der Waals surface area contributed by atoms with Crippen LogP contribution >= 0.6 is 0 Å². The summed E-state index contributed by atoms with van der Waals surface area (Å²) in [5, 5.41) is 4.61. The van der Waals surface area contributed by atoms with Crippen molar-refractivity contribution in [2.24, 2.45) is 12.8 Å². The van der Waals surface area contributed by atoms with Crippen molar-refractivity contribution in [1.29, 1.82) is 0 Å². The highest BCUT2D eigenvalue weighted by Gasteiger charge is 2.45. The minimum atomic E-state index is -0.866. The average Bonchev–Trinajstić information content (AvgIpc) is 3.11. The quantitative estimate of drug-likeness (QED) is 0.564. The van der Waals surface area contributed by atoms with Crippen LogP contribution in [0.5, 0.6) is 0 Å². The molecule has 0 fully saturated rings. The number of H-pyrrole nitrogens is 1. The minimum Gasteiger partial charge on any atom is -0.345 e. The van der Waals surface area contributed by atoms with Gasteiger partial charge in [-0.25, -0.2) is 9.48 Å². The van der Waals surface area contributed by atoms with Crippen molar-refractivity contribution in [2.45, 2.75) is 37.6 Å². The molecule has 9 nitrogen and oxygen atoms in total. The molecule has 1 heterocycles. The van der Waals surface area contributed by atoms with Gasteiger partial charge in [-0.15, -0.1) is 0 Å². The van der Waals surface area contributed by atoms with E-state index >= 15 is 0 Å². The van der Waals surface area contributed by atoms with Crippen molar-refractivity contribution in [3.8, 4) is 0 Å². The first-order chi connectivity index (χ1) is 17.0. The maximum atomic E-state index is 12.8. The van der Waals surface area contributed by atoms with E-state index in [2.05, 4.69) is 10.1 Å². The molecule has 0 saturated heterocycles. The number of carbonyl (C=O) groups excluding carboxylic acids is 2. The third-order valence-electron chi connectivity index (χ3n) is 6.90. The molecule has 1 aliphatic carbocycles. The molecule has 36 heavy (non-hydrogen) atoms. The summed E-state index contributed by atoms with van der Waals surface area (Å²) in [6.07, 6.45) is 1.80. The van der Waals surface area contributed by atoms with E-state index in [9.17, 15) is 14.4 Å². The molecule has 1 atom stereocenters. The van der Waals surface area contributed by atoms with Crippen LogP contribution in [0, 0.1) is 0 Å². The highest BCUT2D eigenvalue weighted by atomic mass is 16.2. The largest absolute Gasteiger partial charge is 0.345 e. The van der Waals surface area contributed by atoms with Crippen LogP contribution in [-0.4, -0.2) is 70.6 Å². The summed E-state index contributed by atoms with van der Waals surface area (Å²) in [5.74, 6) is 0.333. The smallest absolute Gasteiger partial charge is 0.343 e. The number of hydrogen-bond donors (Lipinski definition) is 2. The number of nitrogens with two attached hydrogens (primary N) is 1. The number of aromatic nitrogens is 3. The Kier molecular flexibility index (Phi) is 6.62. The van der Waals surface area contributed by atoms with Crippen LogP contribution in [0.15, 0.2) is 41.2 Å². The third-order valence-corrected chi connectivity index (χ3v) is 6.90. The molecule has 0 unspecified atom stereocenters. The molecule has 190 valence electrons. The van der Waals surface area contributed by atoms with Gasteiger partial charge in [0.2, 0.25) is 0 Å². The molecule has 1 aliphatic rings. The van der Waals surface area contributed by atoms with Gasteiger partial charge in [-0.05, 0) is 72.7 Å². The molecule has 0 aliphatic heterocycles. The number of hydrogen-bond acceptors (Lipinski definition) is 5. The van der Waals surface area contributed by atoms with Crippen LogP contribution < -0.4 is 11.4 Å². The van der Waals surface area contributed by atoms with Gasteiger partial charge in [0.1, 0.15) is 5.82 Å². The Hall–Kier alpha value is -3.72. The van der Waals surface area contributed by atoms with E-state index in [4.69, 9.17) is 5.73 Å². The van der Waals surface area contributed by atoms with Crippen LogP contribution in [0.4, 0.5) is 0 Å². The van der Waals surface area contributed by atoms with E-state index in [0.717, 1.165) is 22.3 Å². The number of rotatable bonds is 5. The zero-order chi connectivity index (χ0) is 26.4. The van der Waals surface area contributed by atoms with E-state index in [-0.39, 0.29) is 23.5 Å². The Morgan fingerprint density at radius 1 is 1.00 bits per heavy atom. The van der Waals surface area contributed by atoms with Crippen LogP contribution in [0.25, 0.3) is 0 Å². The molecular formula is C27H34N6O3. The Bertz CT molecular complexity index is 1310. The Morgan fingerprint density at radius 3 is 1.83 bits per heavy atom. The minimum absolute atomic E-state index is 0.0811. The van der Waals surface area contributed by atoms with Gasteiger partial charge in [-0.1, -0.05) is 12.1 Å². The number of amides is 2. The normalized spacial score (nSPS) is 14.9. The predicted octanol–water partition coefficient (Wildman–Crippen LogP) is 1.68. The maximum absolute atomic E-state index is 12.8. The average molecular weight is 491 g/mol.